The molecular weight excluding hydrogens is 374 g/mol. The molecule has 2 aliphatic rings. The number of nitriles is 1. The van der Waals surface area contributed by atoms with Gasteiger partial charge in [0.1, 0.15) is 39.9 Å². The number of rotatable bonds is 6. The molecule has 0 amide bonds. The molecule has 1 saturated carbocycles. The molecule has 4 rings (SSSR count). The van der Waals surface area contributed by atoms with Crippen LogP contribution in [0.2, 0.25) is 0 Å². The quantitative estimate of drug-likeness (QED) is 0.723. The smallest absolute Gasteiger partial charge is 0.150 e. The maximum atomic E-state index is 9.56. The lowest BCUT2D eigenvalue weighted by molar-refractivity contribution is 0.0784. The number of aromatic nitrogens is 2. The molecule has 2 aromatic heterocycles. The van der Waals surface area contributed by atoms with Crippen LogP contribution in [0.1, 0.15) is 48.4 Å². The Morgan fingerprint density at radius 2 is 2.11 bits per heavy atom. The van der Waals surface area contributed by atoms with Crippen molar-refractivity contribution in [1.29, 1.82) is 5.26 Å². The lowest BCUT2D eigenvalue weighted by Crippen LogP contribution is -2.23. The fourth-order valence-electron chi connectivity index (χ4n) is 4.02. The highest BCUT2D eigenvalue weighted by molar-refractivity contribution is 7.15. The van der Waals surface area contributed by atoms with Crippen molar-refractivity contribution in [3.63, 3.8) is 0 Å². The summed E-state index contributed by atoms with van der Waals surface area (Å²) in [5, 5.41) is 10.5. The molecule has 148 valence electrons. The number of imidazole rings is 1. The first-order valence-electron chi connectivity index (χ1n) is 9.75. The number of fused-ring (bicyclic) bond motifs is 1. The van der Waals surface area contributed by atoms with Crippen LogP contribution >= 0.6 is 11.3 Å². The number of nitrogens with zero attached hydrogens (tertiary/aromatic N) is 3. The van der Waals surface area contributed by atoms with E-state index >= 15 is 0 Å². The van der Waals surface area contributed by atoms with Gasteiger partial charge < -0.3 is 14.2 Å². The van der Waals surface area contributed by atoms with E-state index in [4.69, 9.17) is 14.2 Å². The Balaban J connectivity index is 1.58. The van der Waals surface area contributed by atoms with Gasteiger partial charge in [-0.1, -0.05) is 19.3 Å². The molecule has 6 nitrogen and oxygen atoms in total. The third-order valence-corrected chi connectivity index (χ3v) is 6.64. The van der Waals surface area contributed by atoms with Crippen molar-refractivity contribution >= 4 is 17.4 Å². The highest BCUT2D eigenvalue weighted by atomic mass is 32.1. The number of hydrogen-bond donors (Lipinski definition) is 0. The summed E-state index contributed by atoms with van der Waals surface area (Å²) in [5.74, 6) is 2.06. The van der Waals surface area contributed by atoms with Crippen LogP contribution in [0, 0.1) is 17.2 Å². The summed E-state index contributed by atoms with van der Waals surface area (Å²) >= 11 is 1.44. The molecule has 7 heteroatoms. The van der Waals surface area contributed by atoms with Gasteiger partial charge in [0.15, 0.2) is 0 Å². The third-order valence-electron chi connectivity index (χ3n) is 5.62. The molecule has 1 unspecified atom stereocenters. The first-order chi connectivity index (χ1) is 13.7. The maximum absolute atomic E-state index is 9.56. The summed E-state index contributed by atoms with van der Waals surface area (Å²) < 4.78 is 19.1. The molecule has 0 aromatic carbocycles. The van der Waals surface area contributed by atoms with E-state index in [0.717, 1.165) is 22.1 Å². The highest BCUT2D eigenvalue weighted by Crippen LogP contribution is 2.35. The Kier molecular flexibility index (Phi) is 5.69. The lowest BCUT2D eigenvalue weighted by atomic mass is 9.90. The average Bonchev–Trinajstić information content (AvgIpc) is 3.34. The zero-order chi connectivity index (χ0) is 19.5. The average molecular weight is 400 g/mol. The SMILES string of the molecule is COC1=Cc2ncn(-c3cc(OCC4CCCCC4)c(C#N)s3)c2CC1OC. The summed E-state index contributed by atoms with van der Waals surface area (Å²) in [6.07, 6.45) is 10.6. The molecular formula is C21H25N3O3S. The number of methoxy groups -OCH3 is 2. The summed E-state index contributed by atoms with van der Waals surface area (Å²) in [6, 6.07) is 4.25. The van der Waals surface area contributed by atoms with Gasteiger partial charge in [0.2, 0.25) is 0 Å². The first-order valence-corrected chi connectivity index (χ1v) is 10.6. The van der Waals surface area contributed by atoms with E-state index in [-0.39, 0.29) is 6.10 Å². The van der Waals surface area contributed by atoms with Crippen LogP contribution in [-0.4, -0.2) is 36.5 Å². The zero-order valence-electron chi connectivity index (χ0n) is 16.3. The Bertz CT molecular complexity index is 903. The monoisotopic (exact) mass is 399 g/mol. The Morgan fingerprint density at radius 3 is 2.82 bits per heavy atom. The standard InChI is InChI=1S/C21H25N3O3S/c1-25-17-8-15-16(9-18(17)26-2)24(13-23-15)21-10-19(20(11-22)28-21)27-12-14-6-4-3-5-7-14/h8,10,13-14,18H,3-7,9,12H2,1-2H3. The second kappa shape index (κ2) is 8.38. The van der Waals surface area contributed by atoms with Crippen LogP contribution in [0.15, 0.2) is 18.2 Å². The van der Waals surface area contributed by atoms with Gasteiger partial charge in [-0.3, -0.25) is 4.57 Å². The van der Waals surface area contributed by atoms with Gasteiger partial charge in [0.05, 0.1) is 25.1 Å². The number of hydrogen-bond acceptors (Lipinski definition) is 6. The van der Waals surface area contributed by atoms with Crippen molar-refractivity contribution in [3.05, 3.63) is 34.4 Å². The first kappa shape index (κ1) is 19.0. The third kappa shape index (κ3) is 3.67. The van der Waals surface area contributed by atoms with Crippen molar-refractivity contribution in [2.24, 2.45) is 5.92 Å². The van der Waals surface area contributed by atoms with Crippen LogP contribution in [-0.2, 0) is 15.9 Å². The minimum Gasteiger partial charge on any atom is -0.498 e. The van der Waals surface area contributed by atoms with Gasteiger partial charge in [-0.2, -0.15) is 5.26 Å². The highest BCUT2D eigenvalue weighted by Gasteiger charge is 2.27. The van der Waals surface area contributed by atoms with Gasteiger partial charge in [-0.15, -0.1) is 11.3 Å². The summed E-state index contributed by atoms with van der Waals surface area (Å²) in [7, 11) is 3.33. The minimum absolute atomic E-state index is 0.134. The predicted molar refractivity (Wildman–Crippen MR) is 108 cm³/mol. The van der Waals surface area contributed by atoms with Crippen LogP contribution in [0.5, 0.6) is 5.75 Å². The molecule has 2 aromatic rings. The Morgan fingerprint density at radius 1 is 1.29 bits per heavy atom. The molecule has 0 aliphatic heterocycles. The van der Waals surface area contributed by atoms with E-state index in [1.54, 1.807) is 20.5 Å². The maximum Gasteiger partial charge on any atom is 0.150 e. The molecule has 1 fully saturated rings. The largest absolute Gasteiger partial charge is 0.498 e. The van der Waals surface area contributed by atoms with E-state index in [1.807, 2.05) is 16.7 Å². The van der Waals surface area contributed by atoms with Crippen molar-refractivity contribution in [2.45, 2.75) is 44.6 Å². The second-order valence-electron chi connectivity index (χ2n) is 7.33. The van der Waals surface area contributed by atoms with Gasteiger partial charge >= 0.3 is 0 Å². The predicted octanol–water partition coefficient (Wildman–Crippen LogP) is 4.32. The minimum atomic E-state index is -0.134. The fourth-order valence-corrected chi connectivity index (χ4v) is 4.92. The molecule has 0 spiro atoms. The van der Waals surface area contributed by atoms with E-state index in [1.165, 1.54) is 43.4 Å². The molecule has 28 heavy (non-hydrogen) atoms. The summed E-state index contributed by atoms with van der Waals surface area (Å²) in [6.45, 7) is 0.693. The van der Waals surface area contributed by atoms with Gasteiger partial charge in [0, 0.05) is 25.7 Å². The molecule has 0 saturated heterocycles. The van der Waals surface area contributed by atoms with Crippen molar-refractivity contribution in [3.8, 4) is 16.8 Å². The zero-order valence-corrected chi connectivity index (χ0v) is 17.1. The number of thiophene rings is 1. The van der Waals surface area contributed by atoms with E-state index in [9.17, 15) is 5.26 Å². The van der Waals surface area contributed by atoms with Gasteiger partial charge in [-0.05, 0) is 18.8 Å². The van der Waals surface area contributed by atoms with Crippen LogP contribution in [0.25, 0.3) is 11.1 Å². The Hall–Kier alpha value is -2.30. The van der Waals surface area contributed by atoms with Crippen molar-refractivity contribution in [1.82, 2.24) is 9.55 Å². The molecule has 2 aliphatic carbocycles. The normalized spacial score (nSPS) is 19.6. The molecule has 0 radical (unpaired) electrons. The van der Waals surface area contributed by atoms with E-state index < -0.39 is 0 Å². The van der Waals surface area contributed by atoms with Crippen LogP contribution in [0.3, 0.4) is 0 Å². The van der Waals surface area contributed by atoms with Crippen molar-refractivity contribution < 1.29 is 14.2 Å². The number of ether oxygens (including phenoxy) is 3. The summed E-state index contributed by atoms with van der Waals surface area (Å²) in [4.78, 5) is 5.13. The lowest BCUT2D eigenvalue weighted by Gasteiger charge is -2.22. The molecule has 2 heterocycles. The van der Waals surface area contributed by atoms with Crippen molar-refractivity contribution in [2.75, 3.05) is 20.8 Å². The molecule has 0 N–H and O–H groups in total. The van der Waals surface area contributed by atoms with Gasteiger partial charge in [0.25, 0.3) is 0 Å². The van der Waals surface area contributed by atoms with Gasteiger partial charge in [-0.25, -0.2) is 4.98 Å². The van der Waals surface area contributed by atoms with Crippen LogP contribution < -0.4 is 4.74 Å². The van der Waals surface area contributed by atoms with Crippen LogP contribution in [0.4, 0.5) is 0 Å². The second-order valence-corrected chi connectivity index (χ2v) is 8.36. The topological polar surface area (TPSA) is 69.3 Å². The fraction of sp³-hybridized carbons (Fsp3) is 0.524. The molecule has 0 bridgehead atoms. The van der Waals surface area contributed by atoms with E-state index in [2.05, 4.69) is 11.1 Å². The molecule has 1 atom stereocenters. The summed E-state index contributed by atoms with van der Waals surface area (Å²) in [5.41, 5.74) is 1.93. The van der Waals surface area contributed by atoms with E-state index in [0.29, 0.717) is 29.6 Å². The Labute approximate surface area is 169 Å².